The van der Waals surface area contributed by atoms with Crippen molar-refractivity contribution < 1.29 is 9.90 Å². The number of hydrogen-bond donors (Lipinski definition) is 1. The summed E-state index contributed by atoms with van der Waals surface area (Å²) in [6.45, 7) is 7.66. The van der Waals surface area contributed by atoms with Gasteiger partial charge in [0.1, 0.15) is 0 Å². The average Bonchev–Trinajstić information content (AvgIpc) is 1.98. The zero-order chi connectivity index (χ0) is 11.6. The van der Waals surface area contributed by atoms with Crippen LogP contribution in [-0.2, 0) is 4.79 Å². The Morgan fingerprint density at radius 3 is 2.67 bits per heavy atom. The first kappa shape index (κ1) is 12.0. The minimum absolute atomic E-state index is 0.167. The van der Waals surface area contributed by atoms with E-state index in [-0.39, 0.29) is 11.2 Å². The summed E-state index contributed by atoms with van der Waals surface area (Å²) in [5.41, 5.74) is 4.89. The third-order valence-corrected chi connectivity index (χ3v) is 2.53. The van der Waals surface area contributed by atoms with E-state index in [9.17, 15) is 9.90 Å². The van der Waals surface area contributed by atoms with E-state index in [1.165, 1.54) is 0 Å². The van der Waals surface area contributed by atoms with Gasteiger partial charge in [0.05, 0.1) is 6.10 Å². The van der Waals surface area contributed by atoms with Crippen molar-refractivity contribution in [3.8, 4) is 0 Å². The second-order valence-corrected chi connectivity index (χ2v) is 4.78. The number of ketones is 1. The Kier molecular flexibility index (Phi) is 3.33. The number of carbonyl (C=O) groups is 1. The Balaban J connectivity index is 3.21. The number of carbonyl (C=O) groups excluding carboxylic acids is 1. The van der Waals surface area contributed by atoms with Crippen molar-refractivity contribution in [1.29, 1.82) is 0 Å². The van der Waals surface area contributed by atoms with Gasteiger partial charge in [-0.2, -0.15) is 0 Å². The van der Waals surface area contributed by atoms with Crippen molar-refractivity contribution in [2.75, 3.05) is 0 Å². The molecule has 0 aromatic heterocycles. The van der Waals surface area contributed by atoms with E-state index in [1.54, 1.807) is 19.1 Å². The van der Waals surface area contributed by atoms with E-state index in [2.05, 4.69) is 5.73 Å². The third kappa shape index (κ3) is 2.92. The highest BCUT2D eigenvalue weighted by Gasteiger charge is 2.30. The molecule has 15 heavy (non-hydrogen) atoms. The lowest BCUT2D eigenvalue weighted by Crippen LogP contribution is -2.23. The lowest BCUT2D eigenvalue weighted by Gasteiger charge is -2.29. The maximum atomic E-state index is 11.4. The SMILES string of the molecule is CC1=CC(=O)CC(C)(C)C1=C=C[C@@H](C)O. The fourth-order valence-corrected chi connectivity index (χ4v) is 1.94. The number of allylic oxidation sites excluding steroid dienone is 2. The van der Waals surface area contributed by atoms with E-state index in [1.807, 2.05) is 20.8 Å². The van der Waals surface area contributed by atoms with Crippen LogP contribution in [0, 0.1) is 5.41 Å². The van der Waals surface area contributed by atoms with Gasteiger partial charge in [-0.05, 0) is 31.6 Å². The second kappa shape index (κ2) is 4.18. The fourth-order valence-electron chi connectivity index (χ4n) is 1.94. The molecule has 2 nitrogen and oxygen atoms in total. The molecule has 2 heteroatoms. The van der Waals surface area contributed by atoms with Crippen LogP contribution in [0.1, 0.15) is 34.1 Å². The summed E-state index contributed by atoms with van der Waals surface area (Å²) in [5, 5.41) is 9.17. The third-order valence-electron chi connectivity index (χ3n) is 2.53. The molecule has 0 heterocycles. The van der Waals surface area contributed by atoms with Gasteiger partial charge in [-0.25, -0.2) is 0 Å². The largest absolute Gasteiger partial charge is 0.389 e. The molecule has 0 spiro atoms. The molecule has 1 atom stereocenters. The van der Waals surface area contributed by atoms with E-state index in [4.69, 9.17) is 0 Å². The molecule has 0 aliphatic heterocycles. The number of aliphatic hydroxyl groups excluding tert-OH is 1. The van der Waals surface area contributed by atoms with Crippen LogP contribution in [0.15, 0.2) is 29.0 Å². The minimum Gasteiger partial charge on any atom is -0.389 e. The minimum atomic E-state index is -0.501. The molecule has 1 rings (SSSR count). The smallest absolute Gasteiger partial charge is 0.156 e. The molecule has 0 saturated heterocycles. The fraction of sp³-hybridized carbons (Fsp3) is 0.538. The number of aliphatic hydroxyl groups is 1. The van der Waals surface area contributed by atoms with Gasteiger partial charge >= 0.3 is 0 Å². The first-order chi connectivity index (χ1) is 6.83. The zero-order valence-electron chi connectivity index (χ0n) is 9.79. The summed E-state index contributed by atoms with van der Waals surface area (Å²) < 4.78 is 0. The quantitative estimate of drug-likeness (QED) is 0.669. The monoisotopic (exact) mass is 206 g/mol. The molecule has 1 N–H and O–H groups in total. The Labute approximate surface area is 91.0 Å². The van der Waals surface area contributed by atoms with Gasteiger partial charge < -0.3 is 5.11 Å². The van der Waals surface area contributed by atoms with Crippen LogP contribution < -0.4 is 0 Å². The molecular weight excluding hydrogens is 188 g/mol. The van der Waals surface area contributed by atoms with Gasteiger partial charge in [0.25, 0.3) is 0 Å². The van der Waals surface area contributed by atoms with Crippen molar-refractivity contribution in [3.05, 3.63) is 29.0 Å². The van der Waals surface area contributed by atoms with Gasteiger partial charge in [0, 0.05) is 17.4 Å². The van der Waals surface area contributed by atoms with Crippen molar-refractivity contribution in [3.63, 3.8) is 0 Å². The van der Waals surface area contributed by atoms with Crippen molar-refractivity contribution in [2.24, 2.45) is 5.41 Å². The predicted molar refractivity (Wildman–Crippen MR) is 60.4 cm³/mol. The predicted octanol–water partition coefficient (Wildman–Crippen LogP) is 2.39. The Bertz CT molecular complexity index is 364. The molecule has 0 saturated carbocycles. The summed E-state index contributed by atoms with van der Waals surface area (Å²) in [6, 6.07) is 0. The van der Waals surface area contributed by atoms with Crippen LogP contribution in [0.5, 0.6) is 0 Å². The molecule has 0 radical (unpaired) electrons. The normalized spacial score (nSPS) is 21.8. The van der Waals surface area contributed by atoms with Crippen LogP contribution in [0.25, 0.3) is 0 Å². The first-order valence-corrected chi connectivity index (χ1v) is 5.20. The zero-order valence-corrected chi connectivity index (χ0v) is 9.79. The van der Waals surface area contributed by atoms with Crippen LogP contribution in [0.2, 0.25) is 0 Å². The first-order valence-electron chi connectivity index (χ1n) is 5.20. The summed E-state index contributed by atoms with van der Waals surface area (Å²) in [5.74, 6) is 0.167. The highest BCUT2D eigenvalue weighted by Crippen LogP contribution is 2.38. The highest BCUT2D eigenvalue weighted by molar-refractivity contribution is 5.93. The lowest BCUT2D eigenvalue weighted by atomic mass is 9.73. The summed E-state index contributed by atoms with van der Waals surface area (Å²) in [6.07, 6.45) is 3.30. The van der Waals surface area contributed by atoms with Crippen LogP contribution in [-0.4, -0.2) is 17.0 Å². The van der Waals surface area contributed by atoms with Gasteiger partial charge in [0.15, 0.2) is 5.78 Å². The van der Waals surface area contributed by atoms with Crippen LogP contribution in [0.3, 0.4) is 0 Å². The molecule has 1 aliphatic carbocycles. The second-order valence-electron chi connectivity index (χ2n) is 4.78. The Hall–Kier alpha value is -1.11. The molecule has 0 unspecified atom stereocenters. The number of rotatable bonds is 1. The van der Waals surface area contributed by atoms with Crippen molar-refractivity contribution >= 4 is 5.78 Å². The van der Waals surface area contributed by atoms with Gasteiger partial charge in [0.2, 0.25) is 0 Å². The average molecular weight is 206 g/mol. The maximum Gasteiger partial charge on any atom is 0.156 e. The molecule has 0 aromatic carbocycles. The molecular formula is C13H18O2. The molecule has 1 aliphatic rings. The molecule has 0 bridgehead atoms. The lowest BCUT2D eigenvalue weighted by molar-refractivity contribution is -0.116. The van der Waals surface area contributed by atoms with Gasteiger partial charge in [-0.3, -0.25) is 4.79 Å². The Morgan fingerprint density at radius 2 is 2.20 bits per heavy atom. The van der Waals surface area contributed by atoms with Crippen LogP contribution >= 0.6 is 0 Å². The van der Waals surface area contributed by atoms with E-state index < -0.39 is 6.10 Å². The molecule has 82 valence electrons. The summed E-state index contributed by atoms with van der Waals surface area (Å²) in [4.78, 5) is 11.4. The summed E-state index contributed by atoms with van der Waals surface area (Å²) in [7, 11) is 0. The van der Waals surface area contributed by atoms with Crippen molar-refractivity contribution in [1.82, 2.24) is 0 Å². The maximum absolute atomic E-state index is 11.4. The molecule has 0 amide bonds. The number of hydrogen-bond acceptors (Lipinski definition) is 2. The van der Waals surface area contributed by atoms with Crippen LogP contribution in [0.4, 0.5) is 0 Å². The highest BCUT2D eigenvalue weighted by atomic mass is 16.3. The topological polar surface area (TPSA) is 37.3 Å². The molecule has 0 fully saturated rings. The Morgan fingerprint density at radius 1 is 1.60 bits per heavy atom. The van der Waals surface area contributed by atoms with Gasteiger partial charge in [-0.1, -0.05) is 13.8 Å². The van der Waals surface area contributed by atoms with Gasteiger partial charge in [-0.15, -0.1) is 5.73 Å². The van der Waals surface area contributed by atoms with E-state index >= 15 is 0 Å². The van der Waals surface area contributed by atoms with E-state index in [0.29, 0.717) is 6.42 Å². The van der Waals surface area contributed by atoms with Crippen molar-refractivity contribution in [2.45, 2.75) is 40.2 Å². The summed E-state index contributed by atoms with van der Waals surface area (Å²) >= 11 is 0. The molecule has 0 aromatic rings. The standard InChI is InChI=1S/C13H18O2/c1-9-7-11(15)8-13(3,4)12(9)6-5-10(2)14/h5,7,10,14H,8H2,1-4H3/t6?,10-/m1/s1. The van der Waals surface area contributed by atoms with E-state index in [0.717, 1.165) is 11.1 Å².